The van der Waals surface area contributed by atoms with Crippen molar-refractivity contribution in [2.75, 3.05) is 5.32 Å². The maximum atomic E-state index is 12.6. The van der Waals surface area contributed by atoms with Crippen LogP contribution in [0.15, 0.2) is 34.8 Å². The fraction of sp³-hybridized carbons (Fsp3) is 0.188. The van der Waals surface area contributed by atoms with Gasteiger partial charge in [0.1, 0.15) is 0 Å². The van der Waals surface area contributed by atoms with E-state index in [4.69, 9.17) is 11.6 Å². The summed E-state index contributed by atoms with van der Waals surface area (Å²) in [5, 5.41) is 2.83. The number of carbonyl (C=O) groups is 1. The molecule has 3 nitrogen and oxygen atoms in total. The number of amides is 1. The molecular formula is C16H13BrClF2NO2. The first-order valence-corrected chi connectivity index (χ1v) is 7.77. The minimum absolute atomic E-state index is 0.0637. The lowest BCUT2D eigenvalue weighted by molar-refractivity contribution is -0.0498. The molecule has 0 saturated carbocycles. The number of hydrogen-bond donors (Lipinski definition) is 1. The molecule has 0 aliphatic rings. The quantitative estimate of drug-likeness (QED) is 0.723. The highest BCUT2D eigenvalue weighted by Crippen LogP contribution is 2.37. The van der Waals surface area contributed by atoms with Crippen molar-refractivity contribution >= 4 is 39.1 Å². The number of benzene rings is 2. The van der Waals surface area contributed by atoms with Crippen LogP contribution in [-0.2, 0) is 0 Å². The van der Waals surface area contributed by atoms with E-state index in [0.717, 1.165) is 11.1 Å². The molecule has 0 aromatic heterocycles. The first-order valence-electron chi connectivity index (χ1n) is 6.60. The smallest absolute Gasteiger partial charge is 0.387 e. The molecule has 0 aliphatic heterocycles. The van der Waals surface area contributed by atoms with Gasteiger partial charge in [0.15, 0.2) is 5.75 Å². The van der Waals surface area contributed by atoms with E-state index in [0.29, 0.717) is 5.56 Å². The molecule has 1 N–H and O–H groups in total. The van der Waals surface area contributed by atoms with E-state index >= 15 is 0 Å². The maximum Gasteiger partial charge on any atom is 0.387 e. The van der Waals surface area contributed by atoms with Gasteiger partial charge in [-0.2, -0.15) is 8.78 Å². The van der Waals surface area contributed by atoms with E-state index in [1.807, 2.05) is 19.9 Å². The van der Waals surface area contributed by atoms with Gasteiger partial charge < -0.3 is 10.1 Å². The van der Waals surface area contributed by atoms with Gasteiger partial charge in [-0.3, -0.25) is 4.79 Å². The summed E-state index contributed by atoms with van der Waals surface area (Å²) in [5.41, 5.74) is 2.33. The summed E-state index contributed by atoms with van der Waals surface area (Å²) in [5.74, 6) is -0.618. The Morgan fingerprint density at radius 3 is 2.35 bits per heavy atom. The minimum atomic E-state index is -3.02. The zero-order chi connectivity index (χ0) is 17.1. The summed E-state index contributed by atoms with van der Waals surface area (Å²) in [6, 6.07) is 8.10. The third-order valence-electron chi connectivity index (χ3n) is 2.95. The molecule has 1 amide bonds. The van der Waals surface area contributed by atoms with Crippen LogP contribution < -0.4 is 10.1 Å². The Hall–Kier alpha value is -1.66. The number of ether oxygens (including phenoxy) is 1. The Balaban J connectivity index is 2.36. The number of anilines is 1. The van der Waals surface area contributed by atoms with E-state index in [1.54, 1.807) is 12.1 Å². The predicted octanol–water partition coefficient (Wildman–Crippen LogP) is 5.57. The molecular weight excluding hydrogens is 392 g/mol. The minimum Gasteiger partial charge on any atom is -0.431 e. The standard InChI is InChI=1S/C16H13BrClF2NO2/c1-8-3-9(2)5-10(4-8)15(22)21-13-7-11(18)6-12(17)14(13)23-16(19)20/h3-7,16H,1-2H3,(H,21,22). The molecule has 0 fully saturated rings. The Labute approximate surface area is 145 Å². The van der Waals surface area contributed by atoms with Crippen LogP contribution in [0.3, 0.4) is 0 Å². The summed E-state index contributed by atoms with van der Waals surface area (Å²) in [7, 11) is 0. The van der Waals surface area contributed by atoms with Crippen molar-refractivity contribution in [1.29, 1.82) is 0 Å². The predicted molar refractivity (Wildman–Crippen MR) is 89.7 cm³/mol. The van der Waals surface area contributed by atoms with Crippen LogP contribution in [0.5, 0.6) is 5.75 Å². The van der Waals surface area contributed by atoms with Gasteiger partial charge in [0.25, 0.3) is 5.91 Å². The zero-order valence-electron chi connectivity index (χ0n) is 12.3. The van der Waals surface area contributed by atoms with Crippen LogP contribution >= 0.6 is 27.5 Å². The van der Waals surface area contributed by atoms with Crippen LogP contribution in [0.1, 0.15) is 21.5 Å². The van der Waals surface area contributed by atoms with E-state index in [2.05, 4.69) is 26.0 Å². The molecule has 0 spiro atoms. The van der Waals surface area contributed by atoms with Crippen LogP contribution in [-0.4, -0.2) is 12.5 Å². The van der Waals surface area contributed by atoms with Crippen molar-refractivity contribution in [2.24, 2.45) is 0 Å². The van der Waals surface area contributed by atoms with E-state index < -0.39 is 12.5 Å². The van der Waals surface area contributed by atoms with Gasteiger partial charge in [-0.1, -0.05) is 28.8 Å². The van der Waals surface area contributed by atoms with Gasteiger partial charge >= 0.3 is 6.61 Å². The highest BCUT2D eigenvalue weighted by Gasteiger charge is 2.17. The lowest BCUT2D eigenvalue weighted by Crippen LogP contribution is -2.14. The second-order valence-electron chi connectivity index (χ2n) is 4.97. The molecule has 7 heteroatoms. The molecule has 2 aromatic carbocycles. The Morgan fingerprint density at radius 1 is 1.17 bits per heavy atom. The summed E-state index contributed by atoms with van der Waals surface area (Å²) >= 11 is 9.02. The number of nitrogens with one attached hydrogen (secondary N) is 1. The van der Waals surface area contributed by atoms with Crippen LogP contribution in [0.25, 0.3) is 0 Å². The normalized spacial score (nSPS) is 10.7. The molecule has 23 heavy (non-hydrogen) atoms. The topological polar surface area (TPSA) is 38.3 Å². The second-order valence-corrected chi connectivity index (χ2v) is 6.26. The second kappa shape index (κ2) is 7.27. The molecule has 0 aliphatic carbocycles. The van der Waals surface area contributed by atoms with Gasteiger partial charge in [0.2, 0.25) is 0 Å². The van der Waals surface area contributed by atoms with Gasteiger partial charge in [-0.25, -0.2) is 0 Å². The van der Waals surface area contributed by atoms with E-state index in [-0.39, 0.29) is 20.9 Å². The number of alkyl halides is 2. The lowest BCUT2D eigenvalue weighted by atomic mass is 10.1. The molecule has 2 aromatic rings. The SMILES string of the molecule is Cc1cc(C)cc(C(=O)Nc2cc(Cl)cc(Br)c2OC(F)F)c1. The first kappa shape index (κ1) is 17.7. The molecule has 0 heterocycles. The van der Waals surface area contributed by atoms with E-state index in [9.17, 15) is 13.6 Å². The average Bonchev–Trinajstić information content (AvgIpc) is 2.41. The highest BCUT2D eigenvalue weighted by atomic mass is 79.9. The lowest BCUT2D eigenvalue weighted by Gasteiger charge is -2.14. The first-order chi connectivity index (χ1) is 10.8. The van der Waals surface area contributed by atoms with E-state index in [1.165, 1.54) is 12.1 Å². The Morgan fingerprint density at radius 2 is 1.78 bits per heavy atom. The number of aryl methyl sites for hydroxylation is 2. The maximum absolute atomic E-state index is 12.6. The summed E-state index contributed by atoms with van der Waals surface area (Å²) < 4.78 is 29.8. The number of carbonyl (C=O) groups excluding carboxylic acids is 1. The molecule has 0 saturated heterocycles. The fourth-order valence-corrected chi connectivity index (χ4v) is 3.07. The molecule has 122 valence electrons. The van der Waals surface area contributed by atoms with Crippen LogP contribution in [0, 0.1) is 13.8 Å². The molecule has 0 atom stereocenters. The van der Waals surface area contributed by atoms with Crippen molar-refractivity contribution in [3.05, 3.63) is 56.5 Å². The van der Waals surface area contributed by atoms with Crippen molar-refractivity contribution < 1.29 is 18.3 Å². The Kier molecular flexibility index (Phi) is 5.59. The number of rotatable bonds is 4. The summed E-state index contributed by atoms with van der Waals surface area (Å²) in [6.07, 6.45) is 0. The van der Waals surface area contributed by atoms with Crippen molar-refractivity contribution in [1.82, 2.24) is 0 Å². The van der Waals surface area contributed by atoms with Crippen molar-refractivity contribution in [2.45, 2.75) is 20.5 Å². The highest BCUT2D eigenvalue weighted by molar-refractivity contribution is 9.10. The summed E-state index contributed by atoms with van der Waals surface area (Å²) in [6.45, 7) is 0.709. The van der Waals surface area contributed by atoms with Crippen molar-refractivity contribution in [3.63, 3.8) is 0 Å². The summed E-state index contributed by atoms with van der Waals surface area (Å²) in [4.78, 5) is 12.4. The van der Waals surface area contributed by atoms with Crippen LogP contribution in [0.2, 0.25) is 5.02 Å². The molecule has 0 radical (unpaired) electrons. The van der Waals surface area contributed by atoms with Gasteiger partial charge in [-0.15, -0.1) is 0 Å². The fourth-order valence-electron chi connectivity index (χ4n) is 2.16. The largest absolute Gasteiger partial charge is 0.431 e. The molecule has 0 bridgehead atoms. The Bertz CT molecular complexity index is 733. The third kappa shape index (κ3) is 4.65. The van der Waals surface area contributed by atoms with Crippen LogP contribution in [0.4, 0.5) is 14.5 Å². The average molecular weight is 405 g/mol. The van der Waals surface area contributed by atoms with Gasteiger partial charge in [-0.05, 0) is 54.0 Å². The zero-order valence-corrected chi connectivity index (χ0v) is 14.6. The monoisotopic (exact) mass is 403 g/mol. The van der Waals surface area contributed by atoms with Gasteiger partial charge in [0, 0.05) is 10.6 Å². The number of hydrogen-bond acceptors (Lipinski definition) is 2. The molecule has 0 unspecified atom stereocenters. The van der Waals surface area contributed by atoms with Gasteiger partial charge in [0.05, 0.1) is 10.2 Å². The third-order valence-corrected chi connectivity index (χ3v) is 3.75. The molecule has 2 rings (SSSR count). The number of halogens is 4. The van der Waals surface area contributed by atoms with Crippen molar-refractivity contribution in [3.8, 4) is 5.75 Å².